The van der Waals surface area contributed by atoms with Crippen molar-refractivity contribution in [2.24, 2.45) is 11.8 Å². The molecule has 2 aromatic rings. The molecule has 2 aliphatic rings. The second-order valence-electron chi connectivity index (χ2n) is 7.63. The average molecular weight is 378 g/mol. The molecule has 1 aromatic carbocycles. The molecule has 0 spiro atoms. The maximum absolute atomic E-state index is 12.8. The standard InChI is InChI=1S/C22H26N4O2/c1-24(16-17-7-3-2-4-8-17)21(27)18-15-19(18)22(28)26-13-11-25(12-14-26)20-9-5-6-10-23-20/h2-10,18-19H,11-16H2,1H3. The molecule has 1 saturated carbocycles. The van der Waals surface area contributed by atoms with Gasteiger partial charge in [-0.2, -0.15) is 0 Å². The Morgan fingerprint density at radius 3 is 2.39 bits per heavy atom. The lowest BCUT2D eigenvalue weighted by atomic mass is 10.2. The highest BCUT2D eigenvalue weighted by molar-refractivity contribution is 5.92. The van der Waals surface area contributed by atoms with Gasteiger partial charge in [-0.05, 0) is 24.1 Å². The minimum absolute atomic E-state index is 0.0781. The molecule has 1 aliphatic carbocycles. The zero-order valence-electron chi connectivity index (χ0n) is 16.2. The molecule has 146 valence electrons. The molecule has 0 bridgehead atoms. The third kappa shape index (κ3) is 4.01. The number of carbonyl (C=O) groups excluding carboxylic acids is 2. The fourth-order valence-electron chi connectivity index (χ4n) is 3.89. The van der Waals surface area contributed by atoms with E-state index in [-0.39, 0.29) is 23.7 Å². The molecule has 2 heterocycles. The van der Waals surface area contributed by atoms with E-state index in [2.05, 4.69) is 9.88 Å². The topological polar surface area (TPSA) is 56.8 Å². The summed E-state index contributed by atoms with van der Waals surface area (Å²) in [7, 11) is 1.82. The van der Waals surface area contributed by atoms with E-state index in [0.717, 1.165) is 24.5 Å². The Hall–Kier alpha value is -2.89. The second kappa shape index (κ2) is 8.00. The van der Waals surface area contributed by atoms with E-state index in [9.17, 15) is 9.59 Å². The number of aromatic nitrogens is 1. The number of anilines is 1. The van der Waals surface area contributed by atoms with Crippen LogP contribution in [0.25, 0.3) is 0 Å². The monoisotopic (exact) mass is 378 g/mol. The van der Waals surface area contributed by atoms with Gasteiger partial charge in [0, 0.05) is 46.0 Å². The molecule has 6 heteroatoms. The molecule has 2 amide bonds. The lowest BCUT2D eigenvalue weighted by Gasteiger charge is -2.35. The Balaban J connectivity index is 1.27. The fraction of sp³-hybridized carbons (Fsp3) is 0.409. The van der Waals surface area contributed by atoms with E-state index in [1.54, 1.807) is 11.1 Å². The number of rotatable bonds is 5. The first-order chi connectivity index (χ1) is 13.6. The minimum atomic E-state index is -0.157. The molecule has 1 saturated heterocycles. The minimum Gasteiger partial charge on any atom is -0.353 e. The predicted octanol–water partition coefficient (Wildman–Crippen LogP) is 2.02. The van der Waals surface area contributed by atoms with Crippen molar-refractivity contribution in [2.45, 2.75) is 13.0 Å². The Bertz CT molecular complexity index is 819. The average Bonchev–Trinajstić information content (AvgIpc) is 3.55. The summed E-state index contributed by atoms with van der Waals surface area (Å²) in [6.07, 6.45) is 2.47. The van der Waals surface area contributed by atoms with Gasteiger partial charge in [0.2, 0.25) is 11.8 Å². The maximum Gasteiger partial charge on any atom is 0.226 e. The van der Waals surface area contributed by atoms with Crippen LogP contribution < -0.4 is 4.90 Å². The van der Waals surface area contributed by atoms with Gasteiger partial charge in [0.05, 0.1) is 11.8 Å². The van der Waals surface area contributed by atoms with Crippen molar-refractivity contribution >= 4 is 17.6 Å². The van der Waals surface area contributed by atoms with Gasteiger partial charge in [-0.15, -0.1) is 0 Å². The quantitative estimate of drug-likeness (QED) is 0.799. The van der Waals surface area contributed by atoms with E-state index in [0.29, 0.717) is 26.1 Å². The number of hydrogen-bond donors (Lipinski definition) is 0. The molecule has 1 aliphatic heterocycles. The van der Waals surface area contributed by atoms with Gasteiger partial charge < -0.3 is 14.7 Å². The van der Waals surface area contributed by atoms with Crippen molar-refractivity contribution in [3.63, 3.8) is 0 Å². The molecule has 6 nitrogen and oxygen atoms in total. The van der Waals surface area contributed by atoms with Gasteiger partial charge in [-0.1, -0.05) is 36.4 Å². The zero-order valence-corrected chi connectivity index (χ0v) is 16.2. The summed E-state index contributed by atoms with van der Waals surface area (Å²) in [5.41, 5.74) is 1.10. The lowest BCUT2D eigenvalue weighted by Crippen LogP contribution is -2.49. The van der Waals surface area contributed by atoms with E-state index in [1.807, 2.05) is 60.5 Å². The Morgan fingerprint density at radius 1 is 1.00 bits per heavy atom. The molecule has 2 atom stereocenters. The van der Waals surface area contributed by atoms with Crippen molar-refractivity contribution < 1.29 is 9.59 Å². The first kappa shape index (κ1) is 18.5. The maximum atomic E-state index is 12.8. The van der Waals surface area contributed by atoms with Crippen LogP contribution in [0.15, 0.2) is 54.7 Å². The molecule has 28 heavy (non-hydrogen) atoms. The third-order valence-corrected chi connectivity index (χ3v) is 5.63. The second-order valence-corrected chi connectivity index (χ2v) is 7.63. The highest BCUT2D eigenvalue weighted by Gasteiger charge is 2.50. The Kier molecular flexibility index (Phi) is 5.28. The van der Waals surface area contributed by atoms with E-state index in [1.165, 1.54) is 0 Å². The van der Waals surface area contributed by atoms with Gasteiger partial charge in [0.15, 0.2) is 0 Å². The molecular weight excluding hydrogens is 352 g/mol. The van der Waals surface area contributed by atoms with Crippen molar-refractivity contribution in [1.29, 1.82) is 0 Å². The van der Waals surface area contributed by atoms with E-state index in [4.69, 9.17) is 0 Å². The van der Waals surface area contributed by atoms with Gasteiger partial charge >= 0.3 is 0 Å². The van der Waals surface area contributed by atoms with Crippen LogP contribution in [-0.2, 0) is 16.1 Å². The number of carbonyl (C=O) groups is 2. The van der Waals surface area contributed by atoms with Crippen LogP contribution in [0.4, 0.5) is 5.82 Å². The molecule has 2 fully saturated rings. The number of amides is 2. The number of pyridine rings is 1. The number of nitrogens with zero attached hydrogens (tertiary/aromatic N) is 4. The van der Waals surface area contributed by atoms with Crippen molar-refractivity contribution in [1.82, 2.24) is 14.8 Å². The largest absolute Gasteiger partial charge is 0.353 e. The smallest absolute Gasteiger partial charge is 0.226 e. The summed E-state index contributed by atoms with van der Waals surface area (Å²) in [6, 6.07) is 15.8. The van der Waals surface area contributed by atoms with Crippen LogP contribution in [0.3, 0.4) is 0 Å². The summed E-state index contributed by atoms with van der Waals surface area (Å²) in [5.74, 6) is 0.861. The Labute approximate surface area is 165 Å². The first-order valence-electron chi connectivity index (χ1n) is 9.87. The van der Waals surface area contributed by atoms with Crippen molar-refractivity contribution in [2.75, 3.05) is 38.1 Å². The molecule has 4 rings (SSSR count). The highest BCUT2D eigenvalue weighted by atomic mass is 16.2. The van der Waals surface area contributed by atoms with Crippen LogP contribution >= 0.6 is 0 Å². The van der Waals surface area contributed by atoms with Gasteiger partial charge in [0.1, 0.15) is 5.82 Å². The van der Waals surface area contributed by atoms with Gasteiger partial charge in [0.25, 0.3) is 0 Å². The summed E-state index contributed by atoms with van der Waals surface area (Å²) in [6.45, 7) is 3.52. The van der Waals surface area contributed by atoms with Crippen molar-refractivity contribution in [3.05, 3.63) is 60.3 Å². The fourth-order valence-corrected chi connectivity index (χ4v) is 3.89. The van der Waals surface area contributed by atoms with Crippen LogP contribution in [0, 0.1) is 11.8 Å². The SMILES string of the molecule is CN(Cc1ccccc1)C(=O)C1CC1C(=O)N1CCN(c2ccccn2)CC1. The molecule has 0 radical (unpaired) electrons. The van der Waals surface area contributed by atoms with E-state index < -0.39 is 0 Å². The predicted molar refractivity (Wildman–Crippen MR) is 108 cm³/mol. The first-order valence-corrected chi connectivity index (χ1v) is 9.87. The molecule has 2 unspecified atom stereocenters. The van der Waals surface area contributed by atoms with Crippen LogP contribution in [0.1, 0.15) is 12.0 Å². The molecule has 1 aromatic heterocycles. The molecular formula is C22H26N4O2. The van der Waals surface area contributed by atoms with Crippen LogP contribution in [0.5, 0.6) is 0 Å². The Morgan fingerprint density at radius 2 is 1.71 bits per heavy atom. The van der Waals surface area contributed by atoms with Gasteiger partial charge in [-0.25, -0.2) is 4.98 Å². The summed E-state index contributed by atoms with van der Waals surface area (Å²) in [5, 5.41) is 0. The number of piperazine rings is 1. The zero-order chi connectivity index (χ0) is 19.5. The van der Waals surface area contributed by atoms with Crippen LogP contribution in [0.2, 0.25) is 0 Å². The third-order valence-electron chi connectivity index (χ3n) is 5.63. The summed E-state index contributed by atoms with van der Waals surface area (Å²) in [4.78, 5) is 35.7. The van der Waals surface area contributed by atoms with Crippen LogP contribution in [-0.4, -0.2) is 59.8 Å². The lowest BCUT2D eigenvalue weighted by molar-refractivity contribution is -0.137. The van der Waals surface area contributed by atoms with E-state index >= 15 is 0 Å². The van der Waals surface area contributed by atoms with Gasteiger partial charge in [-0.3, -0.25) is 9.59 Å². The summed E-state index contributed by atoms with van der Waals surface area (Å²) >= 11 is 0. The number of hydrogen-bond acceptors (Lipinski definition) is 4. The molecule has 0 N–H and O–H groups in total. The normalized spacial score (nSPS) is 21.3. The number of benzene rings is 1. The summed E-state index contributed by atoms with van der Waals surface area (Å²) < 4.78 is 0. The highest BCUT2D eigenvalue weighted by Crippen LogP contribution is 2.41. The van der Waals surface area contributed by atoms with Crippen molar-refractivity contribution in [3.8, 4) is 0 Å².